The minimum Gasteiger partial charge on any atom is -0.395 e. The summed E-state index contributed by atoms with van der Waals surface area (Å²) in [6, 6.07) is 0. The lowest BCUT2D eigenvalue weighted by molar-refractivity contribution is 0.216. The molecular weight excluding hydrogens is 156 g/mol. The zero-order valence-corrected chi connectivity index (χ0v) is 7.18. The zero-order chi connectivity index (χ0) is 9.03. The number of rotatable bonds is 3. The van der Waals surface area contributed by atoms with Crippen LogP contribution in [0, 0.1) is 5.41 Å². The molecule has 0 unspecified atom stereocenters. The molecular formula is C7H12N4O. The van der Waals surface area contributed by atoms with Crippen LogP contribution in [-0.4, -0.2) is 32.8 Å². The standard InChI is InChI=1S/C7H12N4O/c1-7(2,4-12)3-10-11-5-8-9-6-11/h3,5-6,12H,4H2,1-2H3. The Hall–Kier alpha value is -1.23. The van der Waals surface area contributed by atoms with Crippen LogP contribution in [0.5, 0.6) is 0 Å². The molecule has 0 amide bonds. The average Bonchev–Trinajstić information content (AvgIpc) is 2.53. The maximum atomic E-state index is 8.89. The molecule has 1 aromatic rings. The molecule has 0 spiro atoms. The van der Waals surface area contributed by atoms with Gasteiger partial charge in [0.25, 0.3) is 0 Å². The molecule has 0 atom stereocenters. The Bertz CT molecular complexity index is 252. The van der Waals surface area contributed by atoms with E-state index in [1.54, 1.807) is 6.21 Å². The van der Waals surface area contributed by atoms with Crippen LogP contribution in [0.2, 0.25) is 0 Å². The van der Waals surface area contributed by atoms with Gasteiger partial charge in [-0.05, 0) is 0 Å². The van der Waals surface area contributed by atoms with Gasteiger partial charge in [-0.1, -0.05) is 13.8 Å². The summed E-state index contributed by atoms with van der Waals surface area (Å²) < 4.78 is 1.48. The molecule has 0 aliphatic carbocycles. The van der Waals surface area contributed by atoms with Crippen molar-refractivity contribution in [3.63, 3.8) is 0 Å². The molecule has 0 saturated heterocycles. The number of aromatic nitrogens is 3. The fourth-order valence-corrected chi connectivity index (χ4v) is 0.519. The summed E-state index contributed by atoms with van der Waals surface area (Å²) in [7, 11) is 0. The summed E-state index contributed by atoms with van der Waals surface area (Å²) in [5.74, 6) is 0. The van der Waals surface area contributed by atoms with Gasteiger partial charge in [-0.25, -0.2) is 4.68 Å². The van der Waals surface area contributed by atoms with Crippen molar-refractivity contribution in [2.75, 3.05) is 6.61 Å². The van der Waals surface area contributed by atoms with E-state index < -0.39 is 0 Å². The topological polar surface area (TPSA) is 63.3 Å². The molecule has 1 rings (SSSR count). The van der Waals surface area contributed by atoms with Crippen molar-refractivity contribution in [1.82, 2.24) is 14.9 Å². The normalized spacial score (nSPS) is 12.6. The molecule has 1 N–H and O–H groups in total. The summed E-state index contributed by atoms with van der Waals surface area (Å²) in [5, 5.41) is 20.1. The van der Waals surface area contributed by atoms with E-state index in [2.05, 4.69) is 15.3 Å². The molecule has 0 aromatic carbocycles. The maximum Gasteiger partial charge on any atom is 0.141 e. The van der Waals surface area contributed by atoms with Gasteiger partial charge in [0, 0.05) is 11.6 Å². The van der Waals surface area contributed by atoms with Crippen molar-refractivity contribution in [3.8, 4) is 0 Å². The molecule has 0 bridgehead atoms. The number of nitrogens with zero attached hydrogens (tertiary/aromatic N) is 4. The summed E-state index contributed by atoms with van der Waals surface area (Å²) >= 11 is 0. The van der Waals surface area contributed by atoms with Gasteiger partial charge < -0.3 is 5.11 Å². The van der Waals surface area contributed by atoms with Crippen molar-refractivity contribution >= 4 is 6.21 Å². The third kappa shape index (κ3) is 2.43. The van der Waals surface area contributed by atoms with Crippen LogP contribution in [-0.2, 0) is 0 Å². The third-order valence-electron chi connectivity index (χ3n) is 1.35. The van der Waals surface area contributed by atoms with Gasteiger partial charge in [0.2, 0.25) is 0 Å². The SMILES string of the molecule is CC(C)(C=Nn1cnnc1)CO. The lowest BCUT2D eigenvalue weighted by Gasteiger charge is -2.13. The van der Waals surface area contributed by atoms with E-state index in [0.29, 0.717) is 0 Å². The van der Waals surface area contributed by atoms with Crippen molar-refractivity contribution in [3.05, 3.63) is 12.7 Å². The van der Waals surface area contributed by atoms with Crippen LogP contribution in [0.4, 0.5) is 0 Å². The van der Waals surface area contributed by atoms with E-state index in [0.717, 1.165) is 0 Å². The van der Waals surface area contributed by atoms with E-state index >= 15 is 0 Å². The van der Waals surface area contributed by atoms with Crippen LogP contribution < -0.4 is 0 Å². The van der Waals surface area contributed by atoms with E-state index in [1.165, 1.54) is 17.3 Å². The summed E-state index contributed by atoms with van der Waals surface area (Å²) in [6.07, 6.45) is 4.64. The zero-order valence-electron chi connectivity index (χ0n) is 7.18. The van der Waals surface area contributed by atoms with Gasteiger partial charge in [-0.3, -0.25) is 0 Å². The first kappa shape index (κ1) is 8.86. The second-order valence-corrected chi connectivity index (χ2v) is 3.23. The molecule has 0 aliphatic rings. The molecule has 12 heavy (non-hydrogen) atoms. The highest BCUT2D eigenvalue weighted by atomic mass is 16.3. The minimum absolute atomic E-state index is 0.0681. The Morgan fingerprint density at radius 3 is 2.58 bits per heavy atom. The highest BCUT2D eigenvalue weighted by molar-refractivity contribution is 5.64. The maximum absolute atomic E-state index is 8.89. The van der Waals surface area contributed by atoms with Gasteiger partial charge >= 0.3 is 0 Å². The molecule has 1 heterocycles. The number of hydrogen-bond donors (Lipinski definition) is 1. The van der Waals surface area contributed by atoms with Crippen molar-refractivity contribution < 1.29 is 5.11 Å². The predicted molar refractivity (Wildman–Crippen MR) is 44.8 cm³/mol. The van der Waals surface area contributed by atoms with Gasteiger partial charge in [0.15, 0.2) is 0 Å². The van der Waals surface area contributed by atoms with Gasteiger partial charge in [0.05, 0.1) is 6.61 Å². The van der Waals surface area contributed by atoms with Gasteiger partial charge in [-0.2, -0.15) is 5.10 Å². The predicted octanol–water partition coefficient (Wildman–Crippen LogP) is 0.130. The minimum atomic E-state index is -0.301. The lowest BCUT2D eigenvalue weighted by Crippen LogP contribution is -2.18. The smallest absolute Gasteiger partial charge is 0.141 e. The van der Waals surface area contributed by atoms with Crippen LogP contribution in [0.3, 0.4) is 0 Å². The van der Waals surface area contributed by atoms with E-state index in [4.69, 9.17) is 5.11 Å². The van der Waals surface area contributed by atoms with Gasteiger partial charge in [0.1, 0.15) is 12.7 Å². The highest BCUT2D eigenvalue weighted by Gasteiger charge is 2.12. The molecule has 5 heteroatoms. The van der Waals surface area contributed by atoms with Crippen LogP contribution in [0.15, 0.2) is 17.8 Å². The fraction of sp³-hybridized carbons (Fsp3) is 0.571. The highest BCUT2D eigenvalue weighted by Crippen LogP contribution is 2.09. The van der Waals surface area contributed by atoms with Crippen LogP contribution in [0.1, 0.15) is 13.8 Å². The number of aliphatic hydroxyl groups is 1. The Balaban J connectivity index is 2.62. The molecule has 1 aromatic heterocycles. The molecule has 0 aliphatic heterocycles. The molecule has 0 saturated carbocycles. The summed E-state index contributed by atoms with van der Waals surface area (Å²) in [4.78, 5) is 0. The first-order valence-corrected chi connectivity index (χ1v) is 3.65. The largest absolute Gasteiger partial charge is 0.395 e. The first-order valence-electron chi connectivity index (χ1n) is 3.65. The third-order valence-corrected chi connectivity index (χ3v) is 1.35. The fourth-order valence-electron chi connectivity index (χ4n) is 0.519. The first-order chi connectivity index (χ1) is 5.64. The quantitative estimate of drug-likeness (QED) is 0.652. The average molecular weight is 168 g/mol. The second-order valence-electron chi connectivity index (χ2n) is 3.23. The summed E-state index contributed by atoms with van der Waals surface area (Å²) in [6.45, 7) is 3.85. The van der Waals surface area contributed by atoms with E-state index in [1.807, 2.05) is 13.8 Å². The van der Waals surface area contributed by atoms with E-state index in [9.17, 15) is 0 Å². The molecule has 66 valence electrons. The molecule has 5 nitrogen and oxygen atoms in total. The lowest BCUT2D eigenvalue weighted by atomic mass is 9.97. The Kier molecular flexibility index (Phi) is 2.54. The summed E-state index contributed by atoms with van der Waals surface area (Å²) in [5.41, 5.74) is -0.301. The molecule has 0 radical (unpaired) electrons. The molecule has 0 fully saturated rings. The van der Waals surface area contributed by atoms with Crippen LogP contribution >= 0.6 is 0 Å². The van der Waals surface area contributed by atoms with Crippen molar-refractivity contribution in [2.45, 2.75) is 13.8 Å². The Morgan fingerprint density at radius 1 is 1.50 bits per heavy atom. The Morgan fingerprint density at radius 2 is 2.08 bits per heavy atom. The number of aliphatic hydroxyl groups excluding tert-OH is 1. The monoisotopic (exact) mass is 168 g/mol. The van der Waals surface area contributed by atoms with E-state index in [-0.39, 0.29) is 12.0 Å². The number of hydrogen-bond acceptors (Lipinski definition) is 4. The Labute approximate surface area is 70.7 Å². The van der Waals surface area contributed by atoms with Gasteiger partial charge in [-0.15, -0.1) is 10.2 Å². The van der Waals surface area contributed by atoms with Crippen molar-refractivity contribution in [1.29, 1.82) is 0 Å². The van der Waals surface area contributed by atoms with Crippen LogP contribution in [0.25, 0.3) is 0 Å². The second kappa shape index (κ2) is 3.44. The van der Waals surface area contributed by atoms with Crippen molar-refractivity contribution in [2.24, 2.45) is 10.5 Å².